The van der Waals surface area contributed by atoms with Crippen LogP contribution in [0.4, 0.5) is 5.13 Å². The largest absolute Gasteiger partial charge is 0.497 e. The van der Waals surface area contributed by atoms with Gasteiger partial charge in [-0.2, -0.15) is 0 Å². The molecule has 1 N–H and O–H groups in total. The van der Waals surface area contributed by atoms with E-state index >= 15 is 0 Å². The Balaban J connectivity index is 1.61. The number of methoxy groups -OCH3 is 2. The summed E-state index contributed by atoms with van der Waals surface area (Å²) in [5.74, 6) is 2.27. The number of hydrogen-bond acceptors (Lipinski definition) is 11. The van der Waals surface area contributed by atoms with Gasteiger partial charge in [0.1, 0.15) is 11.5 Å². The minimum Gasteiger partial charge on any atom is -0.497 e. The monoisotopic (exact) mass is 439 g/mol. The van der Waals surface area contributed by atoms with Crippen LogP contribution in [-0.2, 0) is 4.79 Å². The van der Waals surface area contributed by atoms with Crippen molar-refractivity contribution in [2.45, 2.75) is 16.5 Å². The van der Waals surface area contributed by atoms with E-state index in [4.69, 9.17) is 13.9 Å². The number of carbonyl (C=O) groups excluding carboxylic acids is 1. The molecule has 3 rings (SSSR count). The van der Waals surface area contributed by atoms with Gasteiger partial charge in [0.05, 0.1) is 25.5 Å². The summed E-state index contributed by atoms with van der Waals surface area (Å²) in [5.41, 5.74) is 0.612. The Morgan fingerprint density at radius 2 is 2.04 bits per heavy atom. The van der Waals surface area contributed by atoms with Crippen molar-refractivity contribution in [3.05, 3.63) is 18.2 Å². The van der Waals surface area contributed by atoms with Crippen molar-refractivity contribution in [1.82, 2.24) is 20.4 Å². The van der Waals surface area contributed by atoms with Crippen molar-refractivity contribution in [2.24, 2.45) is 0 Å². The van der Waals surface area contributed by atoms with Crippen LogP contribution in [0.15, 0.2) is 32.2 Å². The van der Waals surface area contributed by atoms with E-state index in [0.29, 0.717) is 22.2 Å². The van der Waals surface area contributed by atoms with Crippen LogP contribution in [0.5, 0.6) is 11.5 Å². The quantitative estimate of drug-likeness (QED) is 0.393. The Morgan fingerprint density at radius 1 is 1.18 bits per heavy atom. The number of hydrogen-bond donors (Lipinski definition) is 1. The van der Waals surface area contributed by atoms with Crippen LogP contribution in [-0.4, -0.2) is 52.0 Å². The second-order valence-corrected chi connectivity index (χ2v) is 8.50. The lowest BCUT2D eigenvalue weighted by molar-refractivity contribution is -0.113. The third-order valence-electron chi connectivity index (χ3n) is 3.29. The Kier molecular flexibility index (Phi) is 7.12. The zero-order chi connectivity index (χ0) is 19.9. The molecule has 0 saturated heterocycles. The van der Waals surface area contributed by atoms with Crippen LogP contribution in [0, 0.1) is 0 Å². The summed E-state index contributed by atoms with van der Waals surface area (Å²) < 4.78 is 17.0. The second kappa shape index (κ2) is 9.75. The van der Waals surface area contributed by atoms with Crippen LogP contribution >= 0.6 is 34.9 Å². The summed E-state index contributed by atoms with van der Waals surface area (Å²) in [6, 6.07) is 5.28. The molecule has 0 aliphatic heterocycles. The van der Waals surface area contributed by atoms with Gasteiger partial charge in [0.2, 0.25) is 11.0 Å². The van der Waals surface area contributed by atoms with Gasteiger partial charge < -0.3 is 13.9 Å². The van der Waals surface area contributed by atoms with Crippen LogP contribution in [0.1, 0.15) is 6.92 Å². The molecule has 3 aromatic rings. The average Bonchev–Trinajstić information content (AvgIpc) is 3.35. The van der Waals surface area contributed by atoms with Crippen LogP contribution in [0.25, 0.3) is 11.5 Å². The van der Waals surface area contributed by atoms with E-state index in [1.807, 2.05) is 6.92 Å². The number of amides is 1. The van der Waals surface area contributed by atoms with Crippen LogP contribution in [0.3, 0.4) is 0 Å². The van der Waals surface area contributed by atoms with Gasteiger partial charge in [-0.05, 0) is 24.0 Å². The summed E-state index contributed by atoms with van der Waals surface area (Å²) in [4.78, 5) is 12.1. The number of anilines is 1. The highest BCUT2D eigenvalue weighted by Gasteiger charge is 2.16. The molecule has 0 saturated carbocycles. The number of rotatable bonds is 9. The Morgan fingerprint density at radius 3 is 2.79 bits per heavy atom. The average molecular weight is 440 g/mol. The summed E-state index contributed by atoms with van der Waals surface area (Å²) in [6.45, 7) is 2.03. The van der Waals surface area contributed by atoms with Gasteiger partial charge in [0, 0.05) is 0 Å². The second-order valence-electron chi connectivity index (χ2n) is 5.08. The number of thioether (sulfide) groups is 2. The third-order valence-corrected chi connectivity index (χ3v) is 5.96. The molecule has 28 heavy (non-hydrogen) atoms. The molecule has 0 atom stereocenters. The van der Waals surface area contributed by atoms with E-state index in [9.17, 15) is 4.79 Å². The van der Waals surface area contributed by atoms with Crippen molar-refractivity contribution in [2.75, 3.05) is 31.0 Å². The maximum Gasteiger partial charge on any atom is 0.277 e. The molecule has 1 amide bonds. The van der Waals surface area contributed by atoms with E-state index < -0.39 is 0 Å². The first-order valence-corrected chi connectivity index (χ1v) is 10.9. The molecule has 0 aliphatic rings. The van der Waals surface area contributed by atoms with E-state index in [-0.39, 0.29) is 22.8 Å². The Bertz CT molecular complexity index is 946. The first-order chi connectivity index (χ1) is 13.6. The zero-order valence-electron chi connectivity index (χ0n) is 15.3. The highest BCUT2D eigenvalue weighted by atomic mass is 32.2. The molecular weight excluding hydrogens is 422 g/mol. The van der Waals surface area contributed by atoms with Gasteiger partial charge in [-0.25, -0.2) is 0 Å². The molecule has 12 heteroatoms. The maximum atomic E-state index is 12.1. The highest BCUT2D eigenvalue weighted by Crippen LogP contribution is 2.34. The molecule has 0 aliphatic carbocycles. The van der Waals surface area contributed by atoms with E-state index in [2.05, 4.69) is 25.7 Å². The van der Waals surface area contributed by atoms with Crippen molar-refractivity contribution in [3.63, 3.8) is 0 Å². The molecular formula is C16H17N5O4S3. The molecule has 2 heterocycles. The summed E-state index contributed by atoms with van der Waals surface area (Å²) in [5, 5.41) is 19.4. The lowest BCUT2D eigenvalue weighted by Gasteiger charge is -2.07. The smallest absolute Gasteiger partial charge is 0.277 e. The number of benzene rings is 1. The van der Waals surface area contributed by atoms with E-state index in [0.717, 1.165) is 21.9 Å². The van der Waals surface area contributed by atoms with Crippen LogP contribution in [0.2, 0.25) is 0 Å². The predicted octanol–water partition coefficient (Wildman–Crippen LogP) is 3.45. The third kappa shape index (κ3) is 5.14. The zero-order valence-corrected chi connectivity index (χ0v) is 17.7. The number of aromatic nitrogens is 4. The molecule has 148 valence electrons. The summed E-state index contributed by atoms with van der Waals surface area (Å²) >= 11 is 4.04. The first kappa shape index (κ1) is 20.4. The molecule has 0 unspecified atom stereocenters. The summed E-state index contributed by atoms with van der Waals surface area (Å²) in [6.07, 6.45) is 0. The fraction of sp³-hybridized carbons (Fsp3) is 0.312. The SMILES string of the molecule is CCSc1nnc(NC(=O)CSc2nnc(-c3cc(OC)ccc3OC)o2)s1. The summed E-state index contributed by atoms with van der Waals surface area (Å²) in [7, 11) is 3.13. The predicted molar refractivity (Wildman–Crippen MR) is 108 cm³/mol. The van der Waals surface area contributed by atoms with Crippen LogP contribution < -0.4 is 14.8 Å². The minimum atomic E-state index is -0.229. The van der Waals surface area contributed by atoms with Crippen molar-refractivity contribution >= 4 is 45.9 Å². The van der Waals surface area contributed by atoms with Gasteiger partial charge in [-0.15, -0.1) is 20.4 Å². The van der Waals surface area contributed by atoms with E-state index in [1.165, 1.54) is 11.3 Å². The Hall–Kier alpha value is -2.31. The highest BCUT2D eigenvalue weighted by molar-refractivity contribution is 8.01. The van der Waals surface area contributed by atoms with Gasteiger partial charge in [0.15, 0.2) is 4.34 Å². The van der Waals surface area contributed by atoms with Gasteiger partial charge in [-0.3, -0.25) is 10.1 Å². The van der Waals surface area contributed by atoms with Gasteiger partial charge >= 0.3 is 0 Å². The van der Waals surface area contributed by atoms with Crippen molar-refractivity contribution < 1.29 is 18.7 Å². The molecule has 2 aromatic heterocycles. The molecule has 1 aromatic carbocycles. The molecule has 0 radical (unpaired) electrons. The number of nitrogens with zero attached hydrogens (tertiary/aromatic N) is 4. The lowest BCUT2D eigenvalue weighted by atomic mass is 10.2. The first-order valence-electron chi connectivity index (χ1n) is 8.07. The molecule has 9 nitrogen and oxygen atoms in total. The standard InChI is InChI=1S/C16H17N5O4S3/c1-4-26-16-21-19-14(28-16)17-12(22)8-27-15-20-18-13(25-15)10-7-9(23-2)5-6-11(10)24-3/h5-7H,4,8H2,1-3H3,(H,17,19,22). The number of carbonyl (C=O) groups is 1. The van der Waals surface area contributed by atoms with Crippen molar-refractivity contribution in [1.29, 1.82) is 0 Å². The normalized spacial score (nSPS) is 10.7. The lowest BCUT2D eigenvalue weighted by Crippen LogP contribution is -2.13. The topological polar surface area (TPSA) is 112 Å². The van der Waals surface area contributed by atoms with Gasteiger partial charge in [0.25, 0.3) is 11.1 Å². The molecule has 0 fully saturated rings. The minimum absolute atomic E-state index is 0.104. The van der Waals surface area contributed by atoms with Crippen molar-refractivity contribution in [3.8, 4) is 23.0 Å². The van der Waals surface area contributed by atoms with E-state index in [1.54, 1.807) is 44.2 Å². The fourth-order valence-electron chi connectivity index (χ4n) is 2.08. The number of ether oxygens (including phenoxy) is 2. The molecule has 0 spiro atoms. The Labute approximate surface area is 173 Å². The fourth-order valence-corrected chi connectivity index (χ4v) is 4.31. The maximum absolute atomic E-state index is 12.1. The van der Waals surface area contributed by atoms with Gasteiger partial charge in [-0.1, -0.05) is 41.8 Å². The number of nitrogens with one attached hydrogen (secondary N) is 1. The molecule has 0 bridgehead atoms.